The Morgan fingerprint density at radius 1 is 1.00 bits per heavy atom. The van der Waals surface area contributed by atoms with Gasteiger partial charge in [0.25, 0.3) is 10.2 Å². The summed E-state index contributed by atoms with van der Waals surface area (Å²) in [5, 5.41) is 0. The molecule has 0 aromatic carbocycles. The van der Waals surface area contributed by atoms with Crippen molar-refractivity contribution in [1.82, 2.24) is 13.5 Å². The molecule has 0 amide bonds. The number of sulfone groups is 1. The van der Waals surface area contributed by atoms with Crippen LogP contribution in [0.3, 0.4) is 0 Å². The summed E-state index contributed by atoms with van der Waals surface area (Å²) in [6.45, 7) is 6.88. The first-order valence-electron chi connectivity index (χ1n) is 8.00. The highest BCUT2D eigenvalue weighted by atomic mass is 32.2. The second kappa shape index (κ2) is 7.12. The van der Waals surface area contributed by atoms with Crippen molar-refractivity contribution in [3.05, 3.63) is 0 Å². The summed E-state index contributed by atoms with van der Waals surface area (Å²) in [7, 11) is -6.21. The summed E-state index contributed by atoms with van der Waals surface area (Å²) in [5.41, 5.74) is 0. The van der Waals surface area contributed by atoms with Gasteiger partial charge in [0.1, 0.15) is 0 Å². The van der Waals surface area contributed by atoms with Crippen LogP contribution in [0.2, 0.25) is 0 Å². The fourth-order valence-corrected chi connectivity index (χ4v) is 6.12. The van der Waals surface area contributed by atoms with E-state index in [1.54, 1.807) is 4.31 Å². The van der Waals surface area contributed by atoms with Crippen LogP contribution < -0.4 is 0 Å². The number of hydrogen-bond acceptors (Lipinski definition) is 5. The summed E-state index contributed by atoms with van der Waals surface area (Å²) in [6, 6.07) is 0.304. The fraction of sp³-hybridized carbons (Fsp3) is 1.00. The van der Waals surface area contributed by atoms with Gasteiger partial charge in [-0.3, -0.25) is 4.90 Å². The SMILES string of the molecule is CCN(CC)S(=O)(=O)N1CCC(N2CCS(=O)(=O)CC2)CC1. The minimum atomic E-state index is -3.34. The molecule has 2 rings (SSSR count). The molecule has 0 atom stereocenters. The highest BCUT2D eigenvalue weighted by Crippen LogP contribution is 2.22. The molecule has 2 aliphatic heterocycles. The zero-order valence-corrected chi connectivity index (χ0v) is 15.1. The maximum absolute atomic E-state index is 12.5. The van der Waals surface area contributed by atoms with E-state index in [1.165, 1.54) is 4.31 Å². The monoisotopic (exact) mass is 353 g/mol. The zero-order chi connectivity index (χ0) is 16.4. The Hall–Kier alpha value is -0.220. The third kappa shape index (κ3) is 4.00. The van der Waals surface area contributed by atoms with Gasteiger partial charge in [-0.15, -0.1) is 0 Å². The van der Waals surface area contributed by atoms with Crippen molar-refractivity contribution in [3.63, 3.8) is 0 Å². The molecule has 0 aliphatic carbocycles. The van der Waals surface area contributed by atoms with Gasteiger partial charge in [0.2, 0.25) is 0 Å². The summed E-state index contributed by atoms with van der Waals surface area (Å²) in [4.78, 5) is 2.21. The van der Waals surface area contributed by atoms with Gasteiger partial charge in [-0.1, -0.05) is 13.8 Å². The molecule has 2 saturated heterocycles. The van der Waals surface area contributed by atoms with Gasteiger partial charge in [0.05, 0.1) is 11.5 Å². The van der Waals surface area contributed by atoms with Crippen LogP contribution in [0.5, 0.6) is 0 Å². The molecular weight excluding hydrogens is 326 g/mol. The van der Waals surface area contributed by atoms with Gasteiger partial charge in [-0.2, -0.15) is 17.0 Å². The van der Waals surface area contributed by atoms with Gasteiger partial charge in [0, 0.05) is 45.3 Å². The Bertz CT molecular complexity index is 550. The number of piperidine rings is 1. The summed E-state index contributed by atoms with van der Waals surface area (Å²) in [5.74, 6) is 0.454. The highest BCUT2D eigenvalue weighted by Gasteiger charge is 2.34. The maximum atomic E-state index is 12.5. The number of rotatable bonds is 5. The van der Waals surface area contributed by atoms with Crippen molar-refractivity contribution in [3.8, 4) is 0 Å². The molecule has 0 N–H and O–H groups in total. The third-order valence-corrected chi connectivity index (χ3v) is 8.47. The fourth-order valence-electron chi connectivity index (χ4n) is 3.24. The molecule has 9 heteroatoms. The summed E-state index contributed by atoms with van der Waals surface area (Å²) in [6.07, 6.45) is 1.56. The van der Waals surface area contributed by atoms with Crippen molar-refractivity contribution in [2.75, 3.05) is 50.8 Å². The van der Waals surface area contributed by atoms with Crippen molar-refractivity contribution in [2.45, 2.75) is 32.7 Å². The average molecular weight is 354 g/mol. The van der Waals surface area contributed by atoms with Gasteiger partial charge in [-0.25, -0.2) is 8.42 Å². The van der Waals surface area contributed by atoms with Crippen LogP contribution in [-0.4, -0.2) is 87.2 Å². The summed E-state index contributed by atoms with van der Waals surface area (Å²) >= 11 is 0. The predicted octanol–water partition coefficient (Wildman–Crippen LogP) is -0.232. The van der Waals surface area contributed by atoms with E-state index in [9.17, 15) is 16.8 Å². The third-order valence-electron chi connectivity index (χ3n) is 4.68. The first-order chi connectivity index (χ1) is 10.3. The van der Waals surface area contributed by atoms with E-state index < -0.39 is 20.0 Å². The van der Waals surface area contributed by atoms with Crippen LogP contribution in [0.4, 0.5) is 0 Å². The molecule has 0 radical (unpaired) electrons. The Labute approximate surface area is 134 Å². The normalized spacial score (nSPS) is 25.6. The predicted molar refractivity (Wildman–Crippen MR) is 86.7 cm³/mol. The first kappa shape index (κ1) is 18.1. The van der Waals surface area contributed by atoms with E-state index in [0.717, 1.165) is 12.8 Å². The van der Waals surface area contributed by atoms with Crippen LogP contribution in [0, 0.1) is 0 Å². The van der Waals surface area contributed by atoms with Gasteiger partial charge in [0.15, 0.2) is 9.84 Å². The lowest BCUT2D eigenvalue weighted by atomic mass is 10.0. The number of hydrogen-bond donors (Lipinski definition) is 0. The lowest BCUT2D eigenvalue weighted by Crippen LogP contribution is -2.53. The Morgan fingerprint density at radius 2 is 1.50 bits per heavy atom. The minimum absolute atomic E-state index is 0.227. The molecule has 0 aromatic rings. The lowest BCUT2D eigenvalue weighted by molar-refractivity contribution is 0.146. The lowest BCUT2D eigenvalue weighted by Gasteiger charge is -2.40. The van der Waals surface area contributed by atoms with E-state index in [1.807, 2.05) is 13.8 Å². The quantitative estimate of drug-likeness (QED) is 0.682. The highest BCUT2D eigenvalue weighted by molar-refractivity contribution is 7.91. The van der Waals surface area contributed by atoms with Crippen LogP contribution in [0.15, 0.2) is 0 Å². The molecule has 0 saturated carbocycles. The van der Waals surface area contributed by atoms with Crippen molar-refractivity contribution >= 4 is 20.0 Å². The molecule has 22 heavy (non-hydrogen) atoms. The second-order valence-corrected chi connectivity index (χ2v) is 10.1. The Kier molecular flexibility index (Phi) is 5.87. The molecule has 7 nitrogen and oxygen atoms in total. The Morgan fingerprint density at radius 3 is 1.95 bits per heavy atom. The largest absolute Gasteiger partial charge is 0.298 e. The van der Waals surface area contributed by atoms with Crippen LogP contribution >= 0.6 is 0 Å². The molecule has 0 unspecified atom stereocenters. The molecule has 130 valence electrons. The van der Waals surface area contributed by atoms with Crippen molar-refractivity contribution in [2.24, 2.45) is 0 Å². The molecule has 2 heterocycles. The maximum Gasteiger partial charge on any atom is 0.281 e. The van der Waals surface area contributed by atoms with Crippen molar-refractivity contribution < 1.29 is 16.8 Å². The van der Waals surface area contributed by atoms with Gasteiger partial charge < -0.3 is 0 Å². The first-order valence-corrected chi connectivity index (χ1v) is 11.2. The molecule has 2 fully saturated rings. The standard InChI is InChI=1S/C13H27N3O4S2/c1-3-15(4-2)22(19,20)16-7-5-13(6-8-16)14-9-11-21(17,18)12-10-14/h13H,3-12H2,1-2H3. The van der Waals surface area contributed by atoms with Crippen LogP contribution in [-0.2, 0) is 20.0 Å². The van der Waals surface area contributed by atoms with E-state index in [-0.39, 0.29) is 11.5 Å². The number of nitrogens with zero attached hydrogens (tertiary/aromatic N) is 3. The molecule has 0 bridgehead atoms. The van der Waals surface area contributed by atoms with E-state index in [2.05, 4.69) is 4.90 Å². The smallest absolute Gasteiger partial charge is 0.281 e. The van der Waals surface area contributed by atoms with Gasteiger partial charge >= 0.3 is 0 Å². The molecule has 0 aromatic heterocycles. The minimum Gasteiger partial charge on any atom is -0.298 e. The topological polar surface area (TPSA) is 78.0 Å². The summed E-state index contributed by atoms with van der Waals surface area (Å²) < 4.78 is 51.0. The molecular formula is C13H27N3O4S2. The van der Waals surface area contributed by atoms with E-state index in [0.29, 0.717) is 45.3 Å². The van der Waals surface area contributed by atoms with Crippen LogP contribution in [0.25, 0.3) is 0 Å². The average Bonchev–Trinajstić information content (AvgIpc) is 2.48. The molecule has 2 aliphatic rings. The van der Waals surface area contributed by atoms with E-state index in [4.69, 9.17) is 0 Å². The van der Waals surface area contributed by atoms with Crippen molar-refractivity contribution in [1.29, 1.82) is 0 Å². The van der Waals surface area contributed by atoms with Gasteiger partial charge in [-0.05, 0) is 12.8 Å². The second-order valence-electron chi connectivity index (χ2n) is 5.91. The van der Waals surface area contributed by atoms with E-state index >= 15 is 0 Å². The molecule has 0 spiro atoms. The van der Waals surface area contributed by atoms with Crippen LogP contribution in [0.1, 0.15) is 26.7 Å². The zero-order valence-electron chi connectivity index (χ0n) is 13.4. The Balaban J connectivity index is 1.91.